The number of rotatable bonds is 3. The van der Waals surface area contributed by atoms with E-state index in [4.69, 9.17) is 23.2 Å². The molecule has 1 heterocycles. The summed E-state index contributed by atoms with van der Waals surface area (Å²) in [5.41, 5.74) is 0.510. The van der Waals surface area contributed by atoms with Crippen LogP contribution in [0.5, 0.6) is 0 Å². The minimum Gasteiger partial charge on any atom is -0.541 e. The second kappa shape index (κ2) is 7.19. The molecule has 15 heavy (non-hydrogen) atoms. The van der Waals surface area contributed by atoms with Crippen molar-refractivity contribution < 1.29 is 66.1 Å². The number of aliphatic carboxylic acids is 1. The van der Waals surface area contributed by atoms with Crippen molar-refractivity contribution >= 4 is 52.4 Å². The van der Waals surface area contributed by atoms with E-state index in [0.717, 1.165) is 17.4 Å². The summed E-state index contributed by atoms with van der Waals surface area (Å²) in [6, 6.07) is 1.54. The molecule has 1 aromatic heterocycles. The zero-order valence-corrected chi connectivity index (χ0v) is 13.1. The molecule has 0 unspecified atom stereocenters. The van der Waals surface area contributed by atoms with Crippen molar-refractivity contribution in [3.05, 3.63) is 26.4 Å². The third-order valence-electron chi connectivity index (χ3n) is 1.30. The second-order valence-electron chi connectivity index (χ2n) is 2.26. The first kappa shape index (κ1) is 15.8. The van der Waals surface area contributed by atoms with Gasteiger partial charge in [-0.3, -0.25) is 4.79 Å². The molecule has 3 nitrogen and oxygen atoms in total. The van der Waals surface area contributed by atoms with E-state index < -0.39 is 11.8 Å². The molecule has 0 aliphatic rings. The minimum absolute atomic E-state index is 0. The van der Waals surface area contributed by atoms with E-state index in [2.05, 4.69) is 0 Å². The van der Waals surface area contributed by atoms with Gasteiger partial charge in [-0.2, -0.15) is 0 Å². The van der Waals surface area contributed by atoms with Crippen LogP contribution in [-0.2, 0) is 9.59 Å². The maximum Gasteiger partial charge on any atom is 1.00 e. The normalized spacial score (nSPS) is 10.0. The van der Waals surface area contributed by atoms with E-state index in [1.165, 1.54) is 12.1 Å². The van der Waals surface area contributed by atoms with Crippen LogP contribution in [0.4, 0.5) is 0 Å². The Balaban J connectivity index is 0.00000196. The Morgan fingerprint density at radius 2 is 2.00 bits per heavy atom. The topological polar surface area (TPSA) is 57.2 Å². The summed E-state index contributed by atoms with van der Waals surface area (Å²) in [7, 11) is 0. The molecule has 0 atom stereocenters. The van der Waals surface area contributed by atoms with Gasteiger partial charge >= 0.3 is 51.4 Å². The van der Waals surface area contributed by atoms with Crippen LogP contribution in [0.2, 0.25) is 8.67 Å². The number of hydrogen-bond donors (Lipinski definition) is 0. The van der Waals surface area contributed by atoms with Gasteiger partial charge in [0.05, 0.1) is 4.34 Å². The van der Waals surface area contributed by atoms with E-state index in [0.29, 0.717) is 14.2 Å². The van der Waals surface area contributed by atoms with Crippen LogP contribution >= 0.6 is 34.5 Å². The van der Waals surface area contributed by atoms with Gasteiger partial charge in [-0.15, -0.1) is 11.3 Å². The monoisotopic (exact) mass is 288 g/mol. The Kier molecular flexibility index (Phi) is 7.57. The Morgan fingerprint density at radius 1 is 1.40 bits per heavy atom. The van der Waals surface area contributed by atoms with E-state index in [1.54, 1.807) is 0 Å². The average molecular weight is 289 g/mol. The molecule has 7 heteroatoms. The number of halogens is 2. The van der Waals surface area contributed by atoms with Gasteiger partial charge < -0.3 is 9.90 Å². The van der Waals surface area contributed by atoms with Crippen LogP contribution in [0.25, 0.3) is 6.08 Å². The largest absolute Gasteiger partial charge is 1.00 e. The molecule has 0 fully saturated rings. The smallest absolute Gasteiger partial charge is 0.541 e. The SMILES string of the molecule is O=C([O-])C(=O)/C=C/c1cc(Cl)sc1Cl.[K+]. The number of ketones is 1. The number of hydrogen-bond acceptors (Lipinski definition) is 4. The van der Waals surface area contributed by atoms with Gasteiger partial charge in [0.1, 0.15) is 10.3 Å². The quantitative estimate of drug-likeness (QED) is 0.382. The molecule has 0 radical (unpaired) electrons. The number of carboxylic acids is 1. The third-order valence-corrected chi connectivity index (χ3v) is 2.82. The maximum atomic E-state index is 10.6. The van der Waals surface area contributed by atoms with Crippen LogP contribution < -0.4 is 56.5 Å². The number of carboxylic acid groups (broad SMARTS) is 1. The molecule has 1 aromatic rings. The summed E-state index contributed by atoms with van der Waals surface area (Å²) < 4.78 is 0.868. The Bertz CT molecular complexity index is 414. The van der Waals surface area contributed by atoms with E-state index in [-0.39, 0.29) is 51.4 Å². The van der Waals surface area contributed by atoms with Gasteiger partial charge in [-0.05, 0) is 18.2 Å². The predicted octanol–water partition coefficient (Wildman–Crippen LogP) is -1.61. The number of carbonyl (C=O) groups is 2. The molecular weight excluding hydrogens is 286 g/mol. The fourth-order valence-corrected chi connectivity index (χ4v) is 2.14. The molecular formula is C8H3Cl2KO3S. The van der Waals surface area contributed by atoms with Crippen molar-refractivity contribution in [2.45, 2.75) is 0 Å². The molecule has 0 saturated carbocycles. The fourth-order valence-electron chi connectivity index (χ4n) is 0.700. The molecule has 0 spiro atoms. The molecule has 0 amide bonds. The standard InChI is InChI=1S/C8H4Cl2O3S.K/c9-6-3-4(7(10)14-6)1-2-5(11)8(12)13;/h1-3H,(H,12,13);/q;+1/p-1/b2-1+;. The van der Waals surface area contributed by atoms with Crippen LogP contribution in [0.1, 0.15) is 5.56 Å². The van der Waals surface area contributed by atoms with Crippen molar-refractivity contribution in [1.29, 1.82) is 0 Å². The van der Waals surface area contributed by atoms with Crippen molar-refractivity contribution in [2.24, 2.45) is 0 Å². The molecule has 0 aliphatic carbocycles. The molecule has 0 aliphatic heterocycles. The second-order valence-corrected chi connectivity index (χ2v) is 4.55. The molecule has 1 rings (SSSR count). The summed E-state index contributed by atoms with van der Waals surface area (Å²) in [5.74, 6) is -2.86. The molecule has 0 saturated heterocycles. The van der Waals surface area contributed by atoms with Crippen molar-refractivity contribution in [3.63, 3.8) is 0 Å². The van der Waals surface area contributed by atoms with Gasteiger partial charge in [0.2, 0.25) is 5.78 Å². The third kappa shape index (κ3) is 5.10. The molecule has 74 valence electrons. The predicted molar refractivity (Wildman–Crippen MR) is 53.4 cm³/mol. The first-order valence-electron chi connectivity index (χ1n) is 3.39. The van der Waals surface area contributed by atoms with Crippen molar-refractivity contribution in [2.75, 3.05) is 0 Å². The van der Waals surface area contributed by atoms with Gasteiger partial charge in [-0.25, -0.2) is 0 Å². The van der Waals surface area contributed by atoms with Crippen LogP contribution in [-0.4, -0.2) is 11.8 Å². The Hall–Kier alpha value is 0.796. The van der Waals surface area contributed by atoms with Gasteiger partial charge in [-0.1, -0.05) is 23.2 Å². The first-order chi connectivity index (χ1) is 6.50. The summed E-state index contributed by atoms with van der Waals surface area (Å²) in [5, 5.41) is 10.0. The Labute approximate surface area is 142 Å². The Morgan fingerprint density at radius 3 is 2.40 bits per heavy atom. The van der Waals surface area contributed by atoms with Crippen LogP contribution in [0.3, 0.4) is 0 Å². The fraction of sp³-hybridized carbons (Fsp3) is 0. The van der Waals surface area contributed by atoms with E-state index in [1.807, 2.05) is 0 Å². The average Bonchev–Trinajstić information content (AvgIpc) is 2.40. The first-order valence-corrected chi connectivity index (χ1v) is 4.96. The summed E-state index contributed by atoms with van der Waals surface area (Å²) in [6.45, 7) is 0. The maximum absolute atomic E-state index is 10.6. The van der Waals surface area contributed by atoms with Gasteiger partial charge in [0.25, 0.3) is 0 Å². The zero-order valence-electron chi connectivity index (χ0n) is 7.62. The van der Waals surface area contributed by atoms with Crippen LogP contribution in [0.15, 0.2) is 12.1 Å². The van der Waals surface area contributed by atoms with Crippen molar-refractivity contribution in [3.8, 4) is 0 Å². The van der Waals surface area contributed by atoms with Gasteiger partial charge in [0, 0.05) is 5.56 Å². The number of thiophene rings is 1. The van der Waals surface area contributed by atoms with Crippen LogP contribution in [0, 0.1) is 0 Å². The summed E-state index contributed by atoms with van der Waals surface area (Å²) in [4.78, 5) is 20.7. The minimum atomic E-state index is -1.75. The summed E-state index contributed by atoms with van der Waals surface area (Å²) >= 11 is 12.5. The molecule has 0 N–H and O–H groups in total. The van der Waals surface area contributed by atoms with Gasteiger partial charge in [0.15, 0.2) is 0 Å². The summed E-state index contributed by atoms with van der Waals surface area (Å²) in [6.07, 6.45) is 2.16. The van der Waals surface area contributed by atoms with E-state index in [9.17, 15) is 14.7 Å². The number of carbonyl (C=O) groups excluding carboxylic acids is 2. The van der Waals surface area contributed by atoms with Crippen molar-refractivity contribution in [1.82, 2.24) is 0 Å². The molecule has 0 bridgehead atoms. The zero-order chi connectivity index (χ0) is 10.7. The van der Waals surface area contributed by atoms with E-state index >= 15 is 0 Å². The molecule has 0 aromatic carbocycles.